The van der Waals surface area contributed by atoms with Crippen molar-refractivity contribution in [1.82, 2.24) is 10.1 Å². The van der Waals surface area contributed by atoms with Crippen LogP contribution in [0.4, 0.5) is 14.5 Å². The lowest BCUT2D eigenvalue weighted by Gasteiger charge is -2.00. The lowest BCUT2D eigenvalue weighted by atomic mass is 10.1. The highest BCUT2D eigenvalue weighted by Crippen LogP contribution is 2.30. The van der Waals surface area contributed by atoms with Crippen molar-refractivity contribution in [3.8, 4) is 11.5 Å². The summed E-state index contributed by atoms with van der Waals surface area (Å²) in [6.07, 6.45) is 0. The van der Waals surface area contributed by atoms with E-state index < -0.39 is 33.7 Å². The van der Waals surface area contributed by atoms with Crippen LogP contribution >= 0.6 is 11.6 Å². The van der Waals surface area contributed by atoms with Gasteiger partial charge in [-0.3, -0.25) is 10.1 Å². The minimum absolute atomic E-state index is 0.0250. The molecule has 1 aromatic carbocycles. The van der Waals surface area contributed by atoms with E-state index in [-0.39, 0.29) is 11.7 Å². The number of hydrogen-bond donors (Lipinski definition) is 0. The predicted molar refractivity (Wildman–Crippen MR) is 55.9 cm³/mol. The van der Waals surface area contributed by atoms with E-state index in [0.717, 1.165) is 6.07 Å². The first-order chi connectivity index (χ1) is 8.54. The van der Waals surface area contributed by atoms with Gasteiger partial charge in [-0.2, -0.15) is 9.37 Å². The number of rotatable bonds is 3. The molecule has 94 valence electrons. The zero-order valence-electron chi connectivity index (χ0n) is 8.56. The molecule has 0 aliphatic heterocycles. The Kier molecular flexibility index (Phi) is 3.19. The number of nitro groups is 1. The maximum absolute atomic E-state index is 13.7. The van der Waals surface area contributed by atoms with Gasteiger partial charge in [-0.25, -0.2) is 4.39 Å². The topological polar surface area (TPSA) is 82.1 Å². The van der Waals surface area contributed by atoms with Crippen LogP contribution in [-0.2, 0) is 5.88 Å². The molecule has 0 saturated heterocycles. The van der Waals surface area contributed by atoms with Crippen molar-refractivity contribution < 1.29 is 18.2 Å². The Morgan fingerprint density at radius 1 is 1.44 bits per heavy atom. The van der Waals surface area contributed by atoms with Gasteiger partial charge < -0.3 is 4.52 Å². The largest absolute Gasteiger partial charge is 0.334 e. The van der Waals surface area contributed by atoms with Crippen molar-refractivity contribution in [3.05, 3.63) is 39.7 Å². The molecule has 1 heterocycles. The van der Waals surface area contributed by atoms with Crippen LogP contribution in [0, 0.1) is 21.7 Å². The molecule has 0 unspecified atom stereocenters. The Morgan fingerprint density at radius 3 is 2.72 bits per heavy atom. The second-order valence-corrected chi connectivity index (χ2v) is 3.43. The normalized spacial score (nSPS) is 10.6. The fourth-order valence-corrected chi connectivity index (χ4v) is 1.40. The number of aromatic nitrogens is 2. The van der Waals surface area contributed by atoms with Crippen LogP contribution < -0.4 is 0 Å². The van der Waals surface area contributed by atoms with Crippen LogP contribution in [0.15, 0.2) is 16.7 Å². The Morgan fingerprint density at radius 2 is 2.17 bits per heavy atom. The van der Waals surface area contributed by atoms with Crippen molar-refractivity contribution >= 4 is 17.3 Å². The van der Waals surface area contributed by atoms with Crippen LogP contribution in [0.5, 0.6) is 0 Å². The molecule has 0 aliphatic carbocycles. The quantitative estimate of drug-likeness (QED) is 0.488. The molecule has 0 aliphatic rings. The van der Waals surface area contributed by atoms with Crippen LogP contribution in [0.25, 0.3) is 11.5 Å². The molecular formula is C9H4ClF2N3O3. The summed E-state index contributed by atoms with van der Waals surface area (Å²) >= 11 is 5.41. The van der Waals surface area contributed by atoms with Gasteiger partial charge in [0.25, 0.3) is 5.89 Å². The number of alkyl halides is 1. The second kappa shape index (κ2) is 4.65. The Balaban J connectivity index is 2.62. The summed E-state index contributed by atoms with van der Waals surface area (Å²) in [5.41, 5.74) is -1.62. The van der Waals surface area contributed by atoms with E-state index in [4.69, 9.17) is 11.6 Å². The molecule has 2 rings (SSSR count). The monoisotopic (exact) mass is 275 g/mol. The molecule has 0 fully saturated rings. The van der Waals surface area contributed by atoms with Crippen molar-refractivity contribution in [1.29, 1.82) is 0 Å². The third kappa shape index (κ3) is 2.02. The van der Waals surface area contributed by atoms with Crippen LogP contribution in [0.3, 0.4) is 0 Å². The SMILES string of the molecule is O=[N+]([O-])c1ccc(F)c(-c2nc(CCl)no2)c1F. The average Bonchev–Trinajstić information content (AvgIpc) is 2.77. The van der Waals surface area contributed by atoms with Gasteiger partial charge in [-0.15, -0.1) is 11.6 Å². The molecule has 1 aromatic heterocycles. The predicted octanol–water partition coefficient (Wildman–Crippen LogP) is 2.66. The number of benzene rings is 1. The standard InChI is InChI=1S/C9H4ClF2N3O3/c10-3-6-13-9(18-14-6)7-4(11)1-2-5(8(7)12)15(16)17/h1-2H,3H2. The molecule has 0 atom stereocenters. The number of halogens is 3. The summed E-state index contributed by atoms with van der Waals surface area (Å²) in [5.74, 6) is -2.99. The highest BCUT2D eigenvalue weighted by molar-refractivity contribution is 6.16. The highest BCUT2D eigenvalue weighted by atomic mass is 35.5. The van der Waals surface area contributed by atoms with Gasteiger partial charge in [0, 0.05) is 6.07 Å². The Hall–Kier alpha value is -2.09. The number of nitro benzene ring substituents is 1. The first-order valence-electron chi connectivity index (χ1n) is 4.56. The molecule has 2 aromatic rings. The number of nitrogens with zero attached hydrogens (tertiary/aromatic N) is 3. The van der Waals surface area contributed by atoms with Crippen molar-refractivity contribution in [2.45, 2.75) is 5.88 Å². The van der Waals surface area contributed by atoms with E-state index >= 15 is 0 Å². The first-order valence-corrected chi connectivity index (χ1v) is 5.09. The summed E-state index contributed by atoms with van der Waals surface area (Å²) in [4.78, 5) is 13.2. The van der Waals surface area contributed by atoms with E-state index in [1.54, 1.807) is 0 Å². The van der Waals surface area contributed by atoms with E-state index in [2.05, 4.69) is 14.7 Å². The third-order valence-corrected chi connectivity index (χ3v) is 2.31. The van der Waals surface area contributed by atoms with E-state index in [0.29, 0.717) is 6.07 Å². The van der Waals surface area contributed by atoms with E-state index in [9.17, 15) is 18.9 Å². The second-order valence-electron chi connectivity index (χ2n) is 3.16. The number of hydrogen-bond acceptors (Lipinski definition) is 5. The summed E-state index contributed by atoms with van der Waals surface area (Å²) in [5, 5.41) is 13.9. The molecule has 0 N–H and O–H groups in total. The molecule has 0 spiro atoms. The maximum atomic E-state index is 13.7. The summed E-state index contributed by atoms with van der Waals surface area (Å²) in [6, 6.07) is 1.47. The first kappa shape index (κ1) is 12.4. The van der Waals surface area contributed by atoms with Gasteiger partial charge in [0.2, 0.25) is 5.82 Å². The molecule has 6 nitrogen and oxygen atoms in total. The molecule has 9 heteroatoms. The molecule has 0 saturated carbocycles. The molecular weight excluding hydrogens is 272 g/mol. The van der Waals surface area contributed by atoms with Crippen LogP contribution in [0.2, 0.25) is 0 Å². The minimum atomic E-state index is -1.37. The lowest BCUT2D eigenvalue weighted by Crippen LogP contribution is -1.98. The van der Waals surface area contributed by atoms with Gasteiger partial charge >= 0.3 is 5.69 Å². The fourth-order valence-electron chi connectivity index (χ4n) is 1.29. The van der Waals surface area contributed by atoms with Gasteiger partial charge in [0.1, 0.15) is 11.4 Å². The van der Waals surface area contributed by atoms with Gasteiger partial charge in [-0.1, -0.05) is 5.16 Å². The summed E-state index contributed by atoms with van der Waals surface area (Å²) in [6.45, 7) is 0. The van der Waals surface area contributed by atoms with Crippen molar-refractivity contribution in [2.24, 2.45) is 0 Å². The van der Waals surface area contributed by atoms with Gasteiger partial charge in [0.15, 0.2) is 5.82 Å². The molecule has 0 bridgehead atoms. The molecule has 18 heavy (non-hydrogen) atoms. The maximum Gasteiger partial charge on any atom is 0.305 e. The minimum Gasteiger partial charge on any atom is -0.334 e. The summed E-state index contributed by atoms with van der Waals surface area (Å²) in [7, 11) is 0. The Bertz CT molecular complexity index is 617. The molecule has 0 radical (unpaired) electrons. The smallest absolute Gasteiger partial charge is 0.305 e. The zero-order chi connectivity index (χ0) is 13.3. The highest BCUT2D eigenvalue weighted by Gasteiger charge is 2.26. The van der Waals surface area contributed by atoms with Crippen LogP contribution in [-0.4, -0.2) is 15.1 Å². The Labute approximate surface area is 103 Å². The lowest BCUT2D eigenvalue weighted by molar-refractivity contribution is -0.387. The van der Waals surface area contributed by atoms with Gasteiger partial charge in [0.05, 0.1) is 10.8 Å². The van der Waals surface area contributed by atoms with Crippen LogP contribution in [0.1, 0.15) is 5.82 Å². The third-order valence-electron chi connectivity index (χ3n) is 2.07. The summed E-state index contributed by atoms with van der Waals surface area (Å²) < 4.78 is 31.8. The fraction of sp³-hybridized carbons (Fsp3) is 0.111. The van der Waals surface area contributed by atoms with Gasteiger partial charge in [-0.05, 0) is 6.07 Å². The molecule has 0 amide bonds. The van der Waals surface area contributed by atoms with E-state index in [1.807, 2.05) is 0 Å². The zero-order valence-corrected chi connectivity index (χ0v) is 9.32. The van der Waals surface area contributed by atoms with E-state index in [1.165, 1.54) is 0 Å². The van der Waals surface area contributed by atoms with Crippen molar-refractivity contribution in [2.75, 3.05) is 0 Å². The van der Waals surface area contributed by atoms with Crippen molar-refractivity contribution in [3.63, 3.8) is 0 Å². The average molecular weight is 276 g/mol.